The van der Waals surface area contributed by atoms with Crippen LogP contribution in [0.5, 0.6) is 0 Å². The Bertz CT molecular complexity index is 219. The average molecular weight is 215 g/mol. The lowest BCUT2D eigenvalue weighted by atomic mass is 10.1. The van der Waals surface area contributed by atoms with Gasteiger partial charge in [0, 0.05) is 21.8 Å². The van der Waals surface area contributed by atoms with Gasteiger partial charge >= 0.3 is 0 Å². The molecule has 82 valence electrons. The van der Waals surface area contributed by atoms with Crippen molar-refractivity contribution in [1.82, 2.24) is 0 Å². The highest BCUT2D eigenvalue weighted by Gasteiger charge is 2.44. The van der Waals surface area contributed by atoms with Crippen LogP contribution in [-0.4, -0.2) is 21.8 Å². The van der Waals surface area contributed by atoms with E-state index in [0.717, 1.165) is 18.7 Å². The van der Waals surface area contributed by atoms with E-state index < -0.39 is 10.8 Å². The van der Waals surface area contributed by atoms with Crippen molar-refractivity contribution >= 4 is 10.8 Å². The van der Waals surface area contributed by atoms with Crippen LogP contribution in [-0.2, 0) is 10.8 Å². The van der Waals surface area contributed by atoms with Crippen molar-refractivity contribution in [2.75, 3.05) is 12.3 Å². The van der Waals surface area contributed by atoms with Crippen molar-refractivity contribution < 1.29 is 4.21 Å². The molecule has 0 bridgehead atoms. The van der Waals surface area contributed by atoms with Crippen molar-refractivity contribution in [2.24, 2.45) is 11.1 Å². The second-order valence-corrected chi connectivity index (χ2v) is 6.69. The second kappa shape index (κ2) is 4.31. The van der Waals surface area contributed by atoms with Gasteiger partial charge in [-0.3, -0.25) is 4.21 Å². The topological polar surface area (TPSA) is 43.1 Å². The van der Waals surface area contributed by atoms with Gasteiger partial charge in [0.2, 0.25) is 0 Å². The third kappa shape index (κ3) is 2.37. The van der Waals surface area contributed by atoms with E-state index in [4.69, 9.17) is 5.73 Å². The predicted molar refractivity (Wildman–Crippen MR) is 60.6 cm³/mol. The maximum Gasteiger partial charge on any atom is 0.0348 e. The summed E-state index contributed by atoms with van der Waals surface area (Å²) in [5, 5.41) is 0.519. The van der Waals surface area contributed by atoms with Gasteiger partial charge in [-0.15, -0.1) is 0 Å². The summed E-state index contributed by atoms with van der Waals surface area (Å²) in [5.74, 6) is 0.939. The van der Waals surface area contributed by atoms with Crippen LogP contribution in [0.4, 0.5) is 0 Å². The molecule has 0 aromatic rings. The van der Waals surface area contributed by atoms with E-state index in [1.165, 1.54) is 38.5 Å². The SMILES string of the molecule is NCCC1(CS(=O)C2CCCC2)CC1. The van der Waals surface area contributed by atoms with Crippen molar-refractivity contribution in [3.05, 3.63) is 0 Å². The summed E-state index contributed by atoms with van der Waals surface area (Å²) in [7, 11) is -0.559. The fourth-order valence-electron chi connectivity index (χ4n) is 2.52. The summed E-state index contributed by atoms with van der Waals surface area (Å²) in [6.07, 6.45) is 8.61. The van der Waals surface area contributed by atoms with Gasteiger partial charge in [-0.2, -0.15) is 0 Å². The molecule has 0 saturated heterocycles. The molecule has 0 radical (unpaired) electrons. The molecular formula is C11H21NOS. The Balaban J connectivity index is 1.81. The van der Waals surface area contributed by atoms with Crippen LogP contribution in [0.15, 0.2) is 0 Å². The summed E-state index contributed by atoms with van der Waals surface area (Å²) in [6.45, 7) is 0.766. The highest BCUT2D eigenvalue weighted by molar-refractivity contribution is 7.85. The molecule has 0 amide bonds. The standard InChI is InChI=1S/C11H21NOS/c12-8-7-11(5-6-11)9-14(13)10-3-1-2-4-10/h10H,1-9,12H2. The van der Waals surface area contributed by atoms with E-state index >= 15 is 0 Å². The predicted octanol–water partition coefficient (Wildman–Crippen LogP) is 1.81. The summed E-state index contributed by atoms with van der Waals surface area (Å²) in [6, 6.07) is 0. The number of nitrogens with two attached hydrogens (primary N) is 1. The molecule has 2 rings (SSSR count). The van der Waals surface area contributed by atoms with Crippen LogP contribution in [0.25, 0.3) is 0 Å². The van der Waals surface area contributed by atoms with Gasteiger partial charge in [-0.05, 0) is 44.1 Å². The minimum atomic E-state index is -0.559. The lowest BCUT2D eigenvalue weighted by Crippen LogP contribution is -2.22. The molecule has 2 N–H and O–H groups in total. The quantitative estimate of drug-likeness (QED) is 0.760. The van der Waals surface area contributed by atoms with Crippen LogP contribution < -0.4 is 5.73 Å². The van der Waals surface area contributed by atoms with E-state index in [-0.39, 0.29) is 0 Å². The monoisotopic (exact) mass is 215 g/mol. The van der Waals surface area contributed by atoms with Gasteiger partial charge in [-0.1, -0.05) is 12.8 Å². The lowest BCUT2D eigenvalue weighted by molar-refractivity contribution is 0.526. The molecule has 0 spiro atoms. The first-order valence-electron chi connectivity index (χ1n) is 5.83. The Labute approximate surface area is 89.1 Å². The smallest absolute Gasteiger partial charge is 0.0348 e. The van der Waals surface area contributed by atoms with Gasteiger partial charge in [0.15, 0.2) is 0 Å². The van der Waals surface area contributed by atoms with E-state index in [0.29, 0.717) is 10.7 Å². The first-order valence-corrected chi connectivity index (χ1v) is 7.21. The zero-order valence-electron chi connectivity index (χ0n) is 8.84. The van der Waals surface area contributed by atoms with Crippen LogP contribution >= 0.6 is 0 Å². The summed E-state index contributed by atoms with van der Waals surface area (Å²) in [4.78, 5) is 0. The average Bonchev–Trinajstić information content (AvgIpc) is 2.70. The fraction of sp³-hybridized carbons (Fsp3) is 1.00. The third-order valence-corrected chi connectivity index (χ3v) is 5.87. The highest BCUT2D eigenvalue weighted by Crippen LogP contribution is 2.49. The summed E-state index contributed by atoms with van der Waals surface area (Å²) in [5.41, 5.74) is 5.99. The van der Waals surface area contributed by atoms with E-state index in [1.807, 2.05) is 0 Å². The van der Waals surface area contributed by atoms with Crippen molar-refractivity contribution in [3.8, 4) is 0 Å². The molecule has 0 aromatic heterocycles. The van der Waals surface area contributed by atoms with Gasteiger partial charge in [0.05, 0.1) is 0 Å². The van der Waals surface area contributed by atoms with Crippen LogP contribution in [0, 0.1) is 5.41 Å². The van der Waals surface area contributed by atoms with Crippen molar-refractivity contribution in [2.45, 2.75) is 50.2 Å². The minimum Gasteiger partial charge on any atom is -0.330 e. The molecule has 2 aliphatic rings. The molecular weight excluding hydrogens is 194 g/mol. The normalized spacial score (nSPS) is 27.8. The number of rotatable bonds is 5. The number of hydrogen-bond donors (Lipinski definition) is 1. The highest BCUT2D eigenvalue weighted by atomic mass is 32.2. The Morgan fingerprint density at radius 2 is 1.93 bits per heavy atom. The first-order chi connectivity index (χ1) is 6.76. The molecule has 2 fully saturated rings. The zero-order chi connectivity index (χ0) is 10.0. The maximum absolute atomic E-state index is 12.0. The van der Waals surface area contributed by atoms with Gasteiger partial charge < -0.3 is 5.73 Å². The van der Waals surface area contributed by atoms with Crippen LogP contribution in [0.3, 0.4) is 0 Å². The summed E-state index contributed by atoms with van der Waals surface area (Å²) < 4.78 is 12.0. The van der Waals surface area contributed by atoms with Gasteiger partial charge in [-0.25, -0.2) is 0 Å². The molecule has 2 saturated carbocycles. The van der Waals surface area contributed by atoms with Gasteiger partial charge in [0.25, 0.3) is 0 Å². The summed E-state index contributed by atoms with van der Waals surface area (Å²) >= 11 is 0. The molecule has 1 atom stereocenters. The van der Waals surface area contributed by atoms with Gasteiger partial charge in [0.1, 0.15) is 0 Å². The zero-order valence-corrected chi connectivity index (χ0v) is 9.65. The molecule has 14 heavy (non-hydrogen) atoms. The third-order valence-electron chi connectivity index (χ3n) is 3.75. The Kier molecular flexibility index (Phi) is 3.27. The molecule has 3 heteroatoms. The lowest BCUT2D eigenvalue weighted by Gasteiger charge is -2.16. The molecule has 0 aromatic carbocycles. The molecule has 2 aliphatic carbocycles. The van der Waals surface area contributed by atoms with Crippen LogP contribution in [0.2, 0.25) is 0 Å². The van der Waals surface area contributed by atoms with E-state index in [1.54, 1.807) is 0 Å². The Hall–Kier alpha value is 0.110. The Morgan fingerprint density at radius 1 is 1.29 bits per heavy atom. The van der Waals surface area contributed by atoms with Crippen LogP contribution in [0.1, 0.15) is 44.9 Å². The minimum absolute atomic E-state index is 0.405. The number of hydrogen-bond acceptors (Lipinski definition) is 2. The molecule has 0 aliphatic heterocycles. The molecule has 1 unspecified atom stereocenters. The Morgan fingerprint density at radius 3 is 2.43 bits per heavy atom. The van der Waals surface area contributed by atoms with E-state index in [9.17, 15) is 4.21 Å². The molecule has 2 nitrogen and oxygen atoms in total. The molecule has 0 heterocycles. The largest absolute Gasteiger partial charge is 0.330 e. The fourth-order valence-corrected chi connectivity index (χ4v) is 4.65. The first kappa shape index (κ1) is 10.6. The van der Waals surface area contributed by atoms with E-state index in [2.05, 4.69) is 0 Å². The van der Waals surface area contributed by atoms with Crippen molar-refractivity contribution in [1.29, 1.82) is 0 Å². The van der Waals surface area contributed by atoms with Crippen molar-refractivity contribution in [3.63, 3.8) is 0 Å². The maximum atomic E-state index is 12.0. The second-order valence-electron chi connectivity index (χ2n) is 4.97.